The fraction of sp³-hybridized carbons (Fsp3) is 1.00. The van der Waals surface area contributed by atoms with Gasteiger partial charge in [0, 0.05) is 6.54 Å². The maximum absolute atomic E-state index is 12.7. The van der Waals surface area contributed by atoms with E-state index in [4.69, 9.17) is 5.73 Å². The van der Waals surface area contributed by atoms with Crippen LogP contribution in [-0.2, 0) is 0 Å². The average molecular weight is 224 g/mol. The molecule has 1 aliphatic heterocycles. The monoisotopic (exact) mass is 224 g/mol. The molecule has 0 aromatic rings. The summed E-state index contributed by atoms with van der Waals surface area (Å²) in [6, 6.07) is -1.33. The van der Waals surface area contributed by atoms with Crippen LogP contribution < -0.4 is 5.73 Å². The van der Waals surface area contributed by atoms with E-state index in [9.17, 15) is 13.2 Å². The number of nitrogens with two attached hydrogens (primary N) is 1. The molecule has 2 atom stereocenters. The summed E-state index contributed by atoms with van der Waals surface area (Å²) in [5, 5.41) is 0. The lowest BCUT2D eigenvalue weighted by molar-refractivity contribution is -0.182. The van der Waals surface area contributed by atoms with E-state index in [1.54, 1.807) is 4.90 Å². The van der Waals surface area contributed by atoms with Crippen molar-refractivity contribution in [2.45, 2.75) is 38.4 Å². The van der Waals surface area contributed by atoms with Gasteiger partial charge in [-0.3, -0.25) is 4.90 Å². The molecule has 2 N–H and O–H groups in total. The largest absolute Gasteiger partial charge is 0.404 e. The Balaban J connectivity index is 2.57. The van der Waals surface area contributed by atoms with E-state index >= 15 is 0 Å². The molecule has 0 aromatic heterocycles. The molecule has 15 heavy (non-hydrogen) atoms. The zero-order valence-corrected chi connectivity index (χ0v) is 9.06. The van der Waals surface area contributed by atoms with E-state index in [2.05, 4.69) is 0 Å². The Morgan fingerprint density at radius 1 is 1.47 bits per heavy atom. The van der Waals surface area contributed by atoms with Gasteiger partial charge in [0.25, 0.3) is 0 Å². The van der Waals surface area contributed by atoms with Gasteiger partial charge in [-0.2, -0.15) is 13.2 Å². The van der Waals surface area contributed by atoms with Crippen molar-refractivity contribution in [1.82, 2.24) is 4.90 Å². The van der Waals surface area contributed by atoms with Crippen molar-refractivity contribution in [2.75, 3.05) is 19.6 Å². The quantitative estimate of drug-likeness (QED) is 0.791. The summed E-state index contributed by atoms with van der Waals surface area (Å²) in [6.07, 6.45) is -2.28. The van der Waals surface area contributed by atoms with Gasteiger partial charge in [-0.05, 0) is 31.8 Å². The van der Waals surface area contributed by atoms with Crippen molar-refractivity contribution in [3.05, 3.63) is 0 Å². The van der Waals surface area contributed by atoms with Crippen LogP contribution in [0, 0.1) is 5.92 Å². The summed E-state index contributed by atoms with van der Waals surface area (Å²) in [4.78, 5) is 1.54. The highest BCUT2D eigenvalue weighted by atomic mass is 19.4. The molecule has 90 valence electrons. The van der Waals surface area contributed by atoms with Crippen LogP contribution in [-0.4, -0.2) is 36.8 Å². The lowest BCUT2D eigenvalue weighted by atomic mass is 10.1. The maximum atomic E-state index is 12.7. The molecule has 0 aromatic carbocycles. The fourth-order valence-corrected chi connectivity index (χ4v) is 2.19. The number of hydrogen-bond acceptors (Lipinski definition) is 2. The van der Waals surface area contributed by atoms with Crippen molar-refractivity contribution < 1.29 is 13.2 Å². The number of rotatable bonds is 4. The Morgan fingerprint density at radius 2 is 2.13 bits per heavy atom. The van der Waals surface area contributed by atoms with Crippen LogP contribution in [0.2, 0.25) is 0 Å². The molecule has 0 aliphatic carbocycles. The van der Waals surface area contributed by atoms with Crippen LogP contribution in [0.5, 0.6) is 0 Å². The first-order valence-electron chi connectivity index (χ1n) is 5.49. The molecule has 0 saturated carbocycles. The van der Waals surface area contributed by atoms with Crippen LogP contribution in [0.4, 0.5) is 13.2 Å². The zero-order valence-electron chi connectivity index (χ0n) is 9.06. The average Bonchev–Trinajstić information content (AvgIpc) is 2.60. The second kappa shape index (κ2) is 5.16. The first-order valence-corrected chi connectivity index (χ1v) is 5.49. The van der Waals surface area contributed by atoms with Gasteiger partial charge < -0.3 is 5.73 Å². The highest BCUT2D eigenvalue weighted by Crippen LogP contribution is 2.31. The van der Waals surface area contributed by atoms with Gasteiger partial charge in [-0.25, -0.2) is 0 Å². The highest BCUT2D eigenvalue weighted by molar-refractivity contribution is 4.85. The van der Waals surface area contributed by atoms with Gasteiger partial charge in [-0.15, -0.1) is 0 Å². The normalized spacial score (nSPS) is 25.8. The van der Waals surface area contributed by atoms with Crippen molar-refractivity contribution in [2.24, 2.45) is 11.7 Å². The van der Waals surface area contributed by atoms with E-state index in [1.807, 2.05) is 6.92 Å². The predicted octanol–water partition coefficient (Wildman–Crippen LogP) is 2.00. The summed E-state index contributed by atoms with van der Waals surface area (Å²) >= 11 is 0. The summed E-state index contributed by atoms with van der Waals surface area (Å²) < 4.78 is 38.1. The van der Waals surface area contributed by atoms with Crippen LogP contribution >= 0.6 is 0 Å². The molecule has 0 radical (unpaired) electrons. The number of hydrogen-bond donors (Lipinski definition) is 1. The third-order valence-electron chi connectivity index (χ3n) is 3.15. The molecule has 0 amide bonds. The Morgan fingerprint density at radius 3 is 2.53 bits per heavy atom. The molecule has 0 bridgehead atoms. The first-order chi connectivity index (χ1) is 6.99. The summed E-state index contributed by atoms with van der Waals surface area (Å²) in [7, 11) is 0. The topological polar surface area (TPSA) is 29.3 Å². The van der Waals surface area contributed by atoms with Crippen molar-refractivity contribution in [1.29, 1.82) is 0 Å². The zero-order chi connectivity index (χ0) is 11.5. The molecular formula is C10H19F3N2. The first kappa shape index (κ1) is 12.8. The van der Waals surface area contributed by atoms with Gasteiger partial charge in [0.05, 0.1) is 0 Å². The van der Waals surface area contributed by atoms with E-state index in [-0.39, 0.29) is 13.0 Å². The lowest BCUT2D eigenvalue weighted by Gasteiger charge is -2.29. The number of alkyl halides is 3. The van der Waals surface area contributed by atoms with Crippen molar-refractivity contribution >= 4 is 0 Å². The Kier molecular flexibility index (Phi) is 4.40. The van der Waals surface area contributed by atoms with E-state index in [1.165, 1.54) is 0 Å². The van der Waals surface area contributed by atoms with Crippen molar-refractivity contribution in [3.63, 3.8) is 0 Å². The molecule has 1 aliphatic rings. The molecule has 1 rings (SSSR count). The van der Waals surface area contributed by atoms with Gasteiger partial charge in [0.15, 0.2) is 0 Å². The summed E-state index contributed by atoms with van der Waals surface area (Å²) in [5.41, 5.74) is 5.23. The number of likely N-dealkylation sites (tertiary alicyclic amines) is 1. The molecular weight excluding hydrogens is 205 g/mol. The van der Waals surface area contributed by atoms with Gasteiger partial charge in [0.2, 0.25) is 0 Å². The van der Waals surface area contributed by atoms with Crippen LogP contribution in [0.15, 0.2) is 0 Å². The Bertz CT molecular complexity index is 194. The molecule has 1 fully saturated rings. The predicted molar refractivity (Wildman–Crippen MR) is 53.5 cm³/mol. The van der Waals surface area contributed by atoms with E-state index in [0.29, 0.717) is 19.0 Å². The van der Waals surface area contributed by atoms with Gasteiger partial charge in [-0.1, -0.05) is 13.3 Å². The molecule has 0 spiro atoms. The smallest absolute Gasteiger partial charge is 0.330 e. The number of nitrogens with zero attached hydrogens (tertiary/aromatic N) is 1. The summed E-state index contributed by atoms with van der Waals surface area (Å²) in [6.45, 7) is 3.25. The molecule has 5 heteroatoms. The third kappa shape index (κ3) is 3.34. The number of halogens is 3. The molecule has 1 heterocycles. The SMILES string of the molecule is CCC1CCN(C(CCN)C(F)(F)F)C1. The maximum Gasteiger partial charge on any atom is 0.404 e. The van der Waals surface area contributed by atoms with Crippen molar-refractivity contribution in [3.8, 4) is 0 Å². The lowest BCUT2D eigenvalue weighted by Crippen LogP contribution is -2.45. The van der Waals surface area contributed by atoms with E-state index < -0.39 is 12.2 Å². The molecule has 2 nitrogen and oxygen atoms in total. The van der Waals surface area contributed by atoms with E-state index in [0.717, 1.165) is 12.8 Å². The minimum Gasteiger partial charge on any atom is -0.330 e. The van der Waals surface area contributed by atoms with Crippen LogP contribution in [0.1, 0.15) is 26.2 Å². The molecule has 2 unspecified atom stereocenters. The van der Waals surface area contributed by atoms with Crippen LogP contribution in [0.3, 0.4) is 0 Å². The minimum absolute atomic E-state index is 0.0138. The van der Waals surface area contributed by atoms with Crippen LogP contribution in [0.25, 0.3) is 0 Å². The Labute approximate surface area is 88.6 Å². The Hall–Kier alpha value is -0.290. The second-order valence-corrected chi connectivity index (χ2v) is 4.19. The minimum atomic E-state index is -4.14. The standard InChI is InChI=1S/C10H19F3N2/c1-2-8-4-6-15(7-8)9(3-5-14)10(11,12)13/h8-9H,2-7,14H2,1H3. The third-order valence-corrected chi connectivity index (χ3v) is 3.15. The van der Waals surface area contributed by atoms with Gasteiger partial charge >= 0.3 is 6.18 Å². The second-order valence-electron chi connectivity index (χ2n) is 4.19. The molecule has 1 saturated heterocycles. The summed E-state index contributed by atoms with van der Waals surface area (Å²) in [5.74, 6) is 0.424. The highest BCUT2D eigenvalue weighted by Gasteiger charge is 2.44. The fourth-order valence-electron chi connectivity index (χ4n) is 2.19. The van der Waals surface area contributed by atoms with Gasteiger partial charge in [0.1, 0.15) is 6.04 Å².